The lowest BCUT2D eigenvalue weighted by molar-refractivity contribution is -0.110. The van der Waals surface area contributed by atoms with Crippen LogP contribution in [-0.2, 0) is 16.1 Å². The number of aliphatic imine (C=N–C) groups is 1. The summed E-state index contributed by atoms with van der Waals surface area (Å²) in [6.45, 7) is 0.309. The highest BCUT2D eigenvalue weighted by Crippen LogP contribution is 2.26. The van der Waals surface area contributed by atoms with Crippen molar-refractivity contribution in [3.05, 3.63) is 52.6 Å². The maximum atomic E-state index is 12.3. The minimum Gasteiger partial charge on any atom is -0.393 e. The van der Waals surface area contributed by atoms with Crippen LogP contribution in [-0.4, -0.2) is 50.2 Å². The second-order valence-corrected chi connectivity index (χ2v) is 7.08. The van der Waals surface area contributed by atoms with Crippen LogP contribution in [0.4, 0.5) is 11.5 Å². The van der Waals surface area contributed by atoms with Gasteiger partial charge in [-0.1, -0.05) is 18.2 Å². The van der Waals surface area contributed by atoms with Gasteiger partial charge in [-0.2, -0.15) is 4.98 Å². The third-order valence-electron chi connectivity index (χ3n) is 4.09. The first-order chi connectivity index (χ1) is 12.6. The van der Waals surface area contributed by atoms with E-state index in [0.717, 1.165) is 0 Å². The van der Waals surface area contributed by atoms with E-state index in [1.54, 1.807) is 24.4 Å². The van der Waals surface area contributed by atoms with Gasteiger partial charge in [0.25, 0.3) is 5.91 Å². The van der Waals surface area contributed by atoms with Crippen molar-refractivity contribution in [1.29, 1.82) is 0 Å². The van der Waals surface area contributed by atoms with Gasteiger partial charge in [0.15, 0.2) is 5.82 Å². The number of thioether (sulfide) groups is 1. The van der Waals surface area contributed by atoms with Gasteiger partial charge in [-0.05, 0) is 12.1 Å². The molecule has 3 heterocycles. The Morgan fingerprint density at radius 3 is 2.96 bits per heavy atom. The summed E-state index contributed by atoms with van der Waals surface area (Å²) in [6.07, 6.45) is 1.44. The van der Waals surface area contributed by atoms with Crippen molar-refractivity contribution in [2.24, 2.45) is 4.99 Å². The van der Waals surface area contributed by atoms with Gasteiger partial charge in [-0.25, -0.2) is 9.79 Å². The fourth-order valence-corrected chi connectivity index (χ4v) is 3.82. The molecule has 0 radical (unpaired) electrons. The van der Waals surface area contributed by atoms with E-state index in [-0.39, 0.29) is 35.6 Å². The molecular weight excluding hydrogens is 356 g/mol. The van der Waals surface area contributed by atoms with E-state index in [9.17, 15) is 9.59 Å². The number of hydrogen-bond acceptors (Lipinski definition) is 7. The lowest BCUT2D eigenvalue weighted by Gasteiger charge is -2.12. The normalized spacial score (nSPS) is 23.3. The molecule has 8 nitrogen and oxygen atoms in total. The molecule has 0 spiro atoms. The second-order valence-electron chi connectivity index (χ2n) is 5.88. The third kappa shape index (κ3) is 3.28. The van der Waals surface area contributed by atoms with E-state index in [1.807, 2.05) is 12.1 Å². The Kier molecular flexibility index (Phi) is 4.58. The monoisotopic (exact) mass is 372 g/mol. The summed E-state index contributed by atoms with van der Waals surface area (Å²) in [5.41, 5.74) is 0.926. The van der Waals surface area contributed by atoms with Crippen LogP contribution in [0.15, 0.2) is 46.3 Å². The molecule has 1 aromatic carbocycles. The Balaban J connectivity index is 1.55. The number of aromatic nitrogens is 2. The molecule has 2 unspecified atom stereocenters. The number of aliphatic hydroxyl groups excluding tert-OH is 1. The van der Waals surface area contributed by atoms with Crippen LogP contribution in [0.25, 0.3) is 0 Å². The minimum absolute atomic E-state index is 0.0473. The number of fused-ring (bicyclic) bond motifs is 1. The largest absolute Gasteiger partial charge is 0.393 e. The van der Waals surface area contributed by atoms with Crippen LogP contribution in [0.1, 0.15) is 5.56 Å². The lowest BCUT2D eigenvalue weighted by Crippen LogP contribution is -2.29. The topological polar surface area (TPSA) is 106 Å². The number of benzene rings is 1. The molecule has 1 saturated heterocycles. The van der Waals surface area contributed by atoms with Crippen molar-refractivity contribution in [3.8, 4) is 0 Å². The molecule has 1 amide bonds. The van der Waals surface area contributed by atoms with Crippen LogP contribution >= 0.6 is 11.8 Å². The van der Waals surface area contributed by atoms with Gasteiger partial charge in [-0.3, -0.25) is 9.36 Å². The number of amides is 1. The molecule has 2 atom stereocenters. The van der Waals surface area contributed by atoms with E-state index in [1.165, 1.54) is 16.3 Å². The Hall–Kier alpha value is -2.49. The maximum absolute atomic E-state index is 12.3. The van der Waals surface area contributed by atoms with E-state index in [0.29, 0.717) is 23.5 Å². The zero-order valence-electron chi connectivity index (χ0n) is 13.7. The van der Waals surface area contributed by atoms with Crippen molar-refractivity contribution < 1.29 is 14.6 Å². The van der Waals surface area contributed by atoms with Crippen LogP contribution in [0, 0.1) is 0 Å². The summed E-state index contributed by atoms with van der Waals surface area (Å²) in [4.78, 5) is 32.5. The molecule has 1 aromatic heterocycles. The van der Waals surface area contributed by atoms with Gasteiger partial charge in [0.05, 0.1) is 24.9 Å². The van der Waals surface area contributed by atoms with Gasteiger partial charge in [0, 0.05) is 17.5 Å². The predicted molar refractivity (Wildman–Crippen MR) is 98.0 cm³/mol. The molecule has 134 valence electrons. The maximum Gasteiger partial charge on any atom is 0.349 e. The Bertz CT molecular complexity index is 942. The smallest absolute Gasteiger partial charge is 0.349 e. The molecule has 4 rings (SSSR count). The molecule has 26 heavy (non-hydrogen) atoms. The zero-order valence-corrected chi connectivity index (χ0v) is 14.5. The number of ether oxygens (including phenoxy) is 1. The summed E-state index contributed by atoms with van der Waals surface area (Å²) in [7, 11) is 0. The van der Waals surface area contributed by atoms with Gasteiger partial charge in [-0.15, -0.1) is 11.8 Å². The van der Waals surface area contributed by atoms with Crippen molar-refractivity contribution in [3.63, 3.8) is 0 Å². The van der Waals surface area contributed by atoms with Crippen LogP contribution in [0.3, 0.4) is 0 Å². The first kappa shape index (κ1) is 17.0. The van der Waals surface area contributed by atoms with E-state index >= 15 is 0 Å². The van der Waals surface area contributed by atoms with Crippen LogP contribution < -0.4 is 11.0 Å². The number of hydrogen-bond donors (Lipinski definition) is 2. The number of para-hydroxylation sites is 1. The summed E-state index contributed by atoms with van der Waals surface area (Å²) in [5.74, 6) is 0.574. The SMILES string of the molecule is O=C1Nc2ccccc2C1=Nc1ccn(CC2CSC(CO)O2)c(=O)n1. The number of anilines is 1. The lowest BCUT2D eigenvalue weighted by atomic mass is 10.1. The van der Waals surface area contributed by atoms with Gasteiger partial charge in [0.2, 0.25) is 0 Å². The molecule has 2 aliphatic heterocycles. The number of carbonyl (C=O) groups excluding carboxylic acids is 1. The average molecular weight is 372 g/mol. The van der Waals surface area contributed by atoms with E-state index in [2.05, 4.69) is 15.3 Å². The highest BCUT2D eigenvalue weighted by Gasteiger charge is 2.27. The Morgan fingerprint density at radius 1 is 1.35 bits per heavy atom. The van der Waals surface area contributed by atoms with E-state index < -0.39 is 5.69 Å². The van der Waals surface area contributed by atoms with Crippen molar-refractivity contribution >= 4 is 34.9 Å². The predicted octanol–water partition coefficient (Wildman–Crippen LogP) is 0.767. The fraction of sp³-hybridized carbons (Fsp3) is 0.294. The highest BCUT2D eigenvalue weighted by atomic mass is 32.2. The van der Waals surface area contributed by atoms with Crippen molar-refractivity contribution in [2.75, 3.05) is 17.7 Å². The summed E-state index contributed by atoms with van der Waals surface area (Å²) >= 11 is 1.52. The standard InChI is InChI=1S/C17H16N4O4S/c22-8-14-25-10(9-26-14)7-21-6-5-13(20-17(21)24)19-15-11-3-1-2-4-12(11)18-16(15)23/h1-6,10,14,22H,7-9H2,(H,18,19,20,23,24). The Labute approximate surface area is 152 Å². The molecule has 1 fully saturated rings. The van der Waals surface area contributed by atoms with Crippen molar-refractivity contribution in [1.82, 2.24) is 9.55 Å². The number of aliphatic hydroxyl groups is 1. The Morgan fingerprint density at radius 2 is 2.19 bits per heavy atom. The first-order valence-electron chi connectivity index (χ1n) is 8.09. The summed E-state index contributed by atoms with van der Waals surface area (Å²) < 4.78 is 7.05. The molecule has 0 aliphatic carbocycles. The van der Waals surface area contributed by atoms with Gasteiger partial charge >= 0.3 is 5.69 Å². The molecule has 2 N–H and O–H groups in total. The number of carbonyl (C=O) groups is 1. The van der Waals surface area contributed by atoms with Crippen LogP contribution in [0.2, 0.25) is 0 Å². The molecule has 0 bridgehead atoms. The number of rotatable bonds is 4. The number of nitrogens with zero attached hydrogens (tertiary/aromatic N) is 3. The average Bonchev–Trinajstić information content (AvgIpc) is 3.22. The second kappa shape index (κ2) is 7.02. The summed E-state index contributed by atoms with van der Waals surface area (Å²) in [5, 5.41) is 11.8. The molecule has 9 heteroatoms. The number of nitrogens with one attached hydrogen (secondary N) is 1. The summed E-state index contributed by atoms with van der Waals surface area (Å²) in [6, 6.07) is 8.82. The molecular formula is C17H16N4O4S. The van der Waals surface area contributed by atoms with Gasteiger partial charge < -0.3 is 15.2 Å². The third-order valence-corrected chi connectivity index (χ3v) is 5.29. The molecule has 2 aliphatic rings. The highest BCUT2D eigenvalue weighted by molar-refractivity contribution is 8.00. The van der Waals surface area contributed by atoms with Crippen LogP contribution in [0.5, 0.6) is 0 Å². The first-order valence-corrected chi connectivity index (χ1v) is 9.14. The van der Waals surface area contributed by atoms with Gasteiger partial charge in [0.1, 0.15) is 11.1 Å². The van der Waals surface area contributed by atoms with Crippen molar-refractivity contribution in [2.45, 2.75) is 18.1 Å². The quantitative estimate of drug-likeness (QED) is 0.821. The fourth-order valence-electron chi connectivity index (χ4n) is 2.87. The molecule has 2 aromatic rings. The zero-order chi connectivity index (χ0) is 18.1. The van der Waals surface area contributed by atoms with E-state index in [4.69, 9.17) is 9.84 Å². The minimum atomic E-state index is -0.459. The molecule has 0 saturated carbocycles.